The summed E-state index contributed by atoms with van der Waals surface area (Å²) in [7, 11) is 1.51. The van der Waals surface area contributed by atoms with Gasteiger partial charge in [0.1, 0.15) is 0 Å². The fourth-order valence-corrected chi connectivity index (χ4v) is 0.808. The first-order chi connectivity index (χ1) is 6.22. The second-order valence-corrected chi connectivity index (χ2v) is 2.30. The van der Waals surface area contributed by atoms with Crippen molar-refractivity contribution in [3.05, 3.63) is 30.0 Å². The molecule has 4 nitrogen and oxygen atoms in total. The van der Waals surface area contributed by atoms with Gasteiger partial charge in [-0.15, -0.1) is 0 Å². The number of ether oxygens (including phenoxy) is 1. The molecule has 0 atom stereocenters. The standard InChI is InChI=1S/C9H9NO3/c1-13-8-6-7(4-5-10-8)2-3-9(11)12/h2-6H,1H3,(H,11,12)/b3-2+. The summed E-state index contributed by atoms with van der Waals surface area (Å²) in [4.78, 5) is 14.1. The van der Waals surface area contributed by atoms with Gasteiger partial charge in [-0.2, -0.15) is 0 Å². The smallest absolute Gasteiger partial charge is 0.328 e. The molecular formula is C9H9NO3. The lowest BCUT2D eigenvalue weighted by molar-refractivity contribution is -0.131. The van der Waals surface area contributed by atoms with Crippen molar-refractivity contribution in [3.8, 4) is 5.88 Å². The Balaban J connectivity index is 2.83. The Morgan fingerprint density at radius 3 is 3.08 bits per heavy atom. The highest BCUT2D eigenvalue weighted by molar-refractivity contribution is 5.85. The quantitative estimate of drug-likeness (QED) is 0.708. The van der Waals surface area contributed by atoms with Gasteiger partial charge < -0.3 is 9.84 Å². The monoisotopic (exact) mass is 179 g/mol. The molecule has 0 bridgehead atoms. The molecule has 1 N–H and O–H groups in total. The van der Waals surface area contributed by atoms with Crippen LogP contribution in [-0.2, 0) is 4.79 Å². The van der Waals surface area contributed by atoms with Crippen LogP contribution < -0.4 is 4.74 Å². The Hall–Kier alpha value is -1.84. The molecule has 0 unspecified atom stereocenters. The van der Waals surface area contributed by atoms with E-state index in [2.05, 4.69) is 4.98 Å². The average molecular weight is 179 g/mol. The molecule has 0 aliphatic rings. The summed E-state index contributed by atoms with van der Waals surface area (Å²) in [5, 5.41) is 8.37. The highest BCUT2D eigenvalue weighted by Gasteiger charge is 1.93. The number of aromatic nitrogens is 1. The van der Waals surface area contributed by atoms with Crippen LogP contribution in [0.4, 0.5) is 0 Å². The molecule has 13 heavy (non-hydrogen) atoms. The molecule has 0 amide bonds. The lowest BCUT2D eigenvalue weighted by atomic mass is 10.2. The summed E-state index contributed by atoms with van der Waals surface area (Å²) in [6.07, 6.45) is 4.10. The van der Waals surface area contributed by atoms with E-state index >= 15 is 0 Å². The minimum atomic E-state index is -0.976. The Morgan fingerprint density at radius 2 is 2.46 bits per heavy atom. The van der Waals surface area contributed by atoms with Gasteiger partial charge in [0.2, 0.25) is 5.88 Å². The number of aliphatic carboxylic acids is 1. The second-order valence-electron chi connectivity index (χ2n) is 2.30. The van der Waals surface area contributed by atoms with E-state index in [-0.39, 0.29) is 0 Å². The van der Waals surface area contributed by atoms with Crippen LogP contribution in [0.15, 0.2) is 24.4 Å². The van der Waals surface area contributed by atoms with Crippen LogP contribution in [0.25, 0.3) is 6.08 Å². The van der Waals surface area contributed by atoms with Crippen molar-refractivity contribution in [3.63, 3.8) is 0 Å². The van der Waals surface area contributed by atoms with Gasteiger partial charge in [0, 0.05) is 18.3 Å². The molecule has 0 fully saturated rings. The summed E-state index contributed by atoms with van der Waals surface area (Å²) in [5.74, 6) is -0.511. The van der Waals surface area contributed by atoms with E-state index in [1.807, 2.05) is 0 Å². The third-order valence-corrected chi connectivity index (χ3v) is 1.39. The van der Waals surface area contributed by atoms with Gasteiger partial charge in [-0.1, -0.05) is 0 Å². The topological polar surface area (TPSA) is 59.4 Å². The third-order valence-electron chi connectivity index (χ3n) is 1.39. The molecular weight excluding hydrogens is 170 g/mol. The first kappa shape index (κ1) is 9.25. The van der Waals surface area contributed by atoms with Gasteiger partial charge in [-0.3, -0.25) is 0 Å². The number of hydrogen-bond acceptors (Lipinski definition) is 3. The van der Waals surface area contributed by atoms with Gasteiger partial charge in [0.05, 0.1) is 7.11 Å². The minimum absolute atomic E-state index is 0.465. The van der Waals surface area contributed by atoms with Crippen LogP contribution in [0.5, 0.6) is 5.88 Å². The second kappa shape index (κ2) is 4.25. The number of pyridine rings is 1. The van der Waals surface area contributed by atoms with Crippen LogP contribution in [0, 0.1) is 0 Å². The fraction of sp³-hybridized carbons (Fsp3) is 0.111. The normalized spacial score (nSPS) is 10.2. The first-order valence-electron chi connectivity index (χ1n) is 3.63. The van der Waals surface area contributed by atoms with Gasteiger partial charge in [-0.05, 0) is 17.7 Å². The lowest BCUT2D eigenvalue weighted by Gasteiger charge is -1.97. The molecule has 68 valence electrons. The number of nitrogens with zero attached hydrogens (tertiary/aromatic N) is 1. The molecule has 1 aromatic heterocycles. The predicted octanol–water partition coefficient (Wildman–Crippen LogP) is 1.19. The van der Waals surface area contributed by atoms with Crippen molar-refractivity contribution in [2.24, 2.45) is 0 Å². The van der Waals surface area contributed by atoms with Crippen molar-refractivity contribution >= 4 is 12.0 Å². The Kier molecular flexibility index (Phi) is 3.03. The molecule has 4 heteroatoms. The third kappa shape index (κ3) is 2.94. The van der Waals surface area contributed by atoms with Gasteiger partial charge >= 0.3 is 5.97 Å². The number of carboxylic acids is 1. The molecule has 1 heterocycles. The molecule has 0 saturated carbocycles. The number of carbonyl (C=O) groups is 1. The molecule has 0 spiro atoms. The van der Waals surface area contributed by atoms with Crippen LogP contribution in [0.2, 0.25) is 0 Å². The Morgan fingerprint density at radius 1 is 1.69 bits per heavy atom. The SMILES string of the molecule is COc1cc(/C=C/C(=O)O)ccn1. The molecule has 0 aliphatic carbocycles. The number of hydrogen-bond donors (Lipinski definition) is 1. The van der Waals surface area contributed by atoms with E-state index < -0.39 is 5.97 Å². The van der Waals surface area contributed by atoms with Gasteiger partial charge in [0.25, 0.3) is 0 Å². The maximum Gasteiger partial charge on any atom is 0.328 e. The van der Waals surface area contributed by atoms with E-state index in [4.69, 9.17) is 9.84 Å². The summed E-state index contributed by atoms with van der Waals surface area (Å²) in [6, 6.07) is 3.35. The van der Waals surface area contributed by atoms with E-state index in [1.165, 1.54) is 13.2 Å². The number of rotatable bonds is 3. The van der Waals surface area contributed by atoms with Crippen molar-refractivity contribution in [2.45, 2.75) is 0 Å². The molecule has 0 aromatic carbocycles. The largest absolute Gasteiger partial charge is 0.481 e. The predicted molar refractivity (Wildman–Crippen MR) is 47.5 cm³/mol. The van der Waals surface area contributed by atoms with Gasteiger partial charge in [-0.25, -0.2) is 9.78 Å². The van der Waals surface area contributed by atoms with Crippen molar-refractivity contribution in [2.75, 3.05) is 7.11 Å². The zero-order chi connectivity index (χ0) is 9.68. The minimum Gasteiger partial charge on any atom is -0.481 e. The Labute approximate surface area is 75.5 Å². The lowest BCUT2D eigenvalue weighted by Crippen LogP contribution is -1.88. The highest BCUT2D eigenvalue weighted by Crippen LogP contribution is 2.09. The molecule has 1 rings (SSSR count). The van der Waals surface area contributed by atoms with Crippen LogP contribution in [0.1, 0.15) is 5.56 Å². The van der Waals surface area contributed by atoms with E-state index in [0.717, 1.165) is 11.6 Å². The molecule has 0 aliphatic heterocycles. The molecule has 0 radical (unpaired) electrons. The summed E-state index contributed by atoms with van der Waals surface area (Å²) >= 11 is 0. The summed E-state index contributed by atoms with van der Waals surface area (Å²) in [5.41, 5.74) is 0.745. The zero-order valence-electron chi connectivity index (χ0n) is 7.10. The first-order valence-corrected chi connectivity index (χ1v) is 3.63. The summed E-state index contributed by atoms with van der Waals surface area (Å²) in [6.45, 7) is 0. The van der Waals surface area contributed by atoms with Crippen molar-refractivity contribution in [1.29, 1.82) is 0 Å². The van der Waals surface area contributed by atoms with Crippen molar-refractivity contribution < 1.29 is 14.6 Å². The molecule has 1 aromatic rings. The Bertz CT molecular complexity index is 333. The maximum absolute atomic E-state index is 10.2. The van der Waals surface area contributed by atoms with Crippen LogP contribution >= 0.6 is 0 Å². The van der Waals surface area contributed by atoms with Crippen molar-refractivity contribution in [1.82, 2.24) is 4.98 Å². The fourth-order valence-electron chi connectivity index (χ4n) is 0.808. The van der Waals surface area contributed by atoms with E-state index in [0.29, 0.717) is 5.88 Å². The maximum atomic E-state index is 10.2. The highest BCUT2D eigenvalue weighted by atomic mass is 16.5. The zero-order valence-corrected chi connectivity index (χ0v) is 7.10. The van der Waals surface area contributed by atoms with Crippen LogP contribution in [0.3, 0.4) is 0 Å². The van der Waals surface area contributed by atoms with Crippen LogP contribution in [-0.4, -0.2) is 23.2 Å². The van der Waals surface area contributed by atoms with E-state index in [9.17, 15) is 4.79 Å². The van der Waals surface area contributed by atoms with Gasteiger partial charge in [0.15, 0.2) is 0 Å². The van der Waals surface area contributed by atoms with E-state index in [1.54, 1.807) is 18.3 Å². The number of carboxylic acid groups (broad SMARTS) is 1. The number of methoxy groups -OCH3 is 1. The average Bonchev–Trinajstić information content (AvgIpc) is 2.15. The molecule has 0 saturated heterocycles. The summed E-state index contributed by atoms with van der Waals surface area (Å²) < 4.78 is 4.87.